The third-order valence-electron chi connectivity index (χ3n) is 3.83. The maximum Gasteiger partial charge on any atom is 0.188 e. The fourth-order valence-corrected chi connectivity index (χ4v) is 2.52. The van der Waals surface area contributed by atoms with Crippen molar-refractivity contribution in [2.24, 2.45) is 10.7 Å². The van der Waals surface area contributed by atoms with Crippen LogP contribution >= 0.6 is 24.0 Å². The Morgan fingerprint density at radius 3 is 2.82 bits per heavy atom. The third kappa shape index (κ3) is 8.30. The Balaban J connectivity index is 0.00000242. The minimum atomic E-state index is 0. The van der Waals surface area contributed by atoms with Crippen molar-refractivity contribution < 1.29 is 9.47 Å². The summed E-state index contributed by atoms with van der Waals surface area (Å²) in [6, 6.07) is 0. The van der Waals surface area contributed by atoms with Crippen LogP contribution in [0.2, 0.25) is 0 Å². The highest BCUT2D eigenvalue weighted by Gasteiger charge is 2.08. The molecule has 7 heteroatoms. The monoisotopic (exact) mass is 424 g/mol. The van der Waals surface area contributed by atoms with Crippen LogP contribution in [0.5, 0.6) is 0 Å². The van der Waals surface area contributed by atoms with Gasteiger partial charge in [-0.15, -0.1) is 24.0 Å². The van der Waals surface area contributed by atoms with Crippen molar-refractivity contribution in [1.82, 2.24) is 10.2 Å². The summed E-state index contributed by atoms with van der Waals surface area (Å²) in [7, 11) is 0. The summed E-state index contributed by atoms with van der Waals surface area (Å²) in [6.45, 7) is 8.09. The molecule has 0 unspecified atom stereocenters. The molecular formula is C15H29IN4O2. The molecule has 0 aliphatic carbocycles. The standard InChI is InChI=1S/C15H28N4O2.HI/c16-15(18-6-2-14-3-10-20-11-4-14)17-5-1-7-19-8-12-21-13-9-19;/h3H,1-2,4-13H2,(H3,16,17,18);1H. The molecule has 0 spiro atoms. The number of ether oxygens (including phenoxy) is 2. The number of aliphatic imine (C=N–C) groups is 1. The molecular weight excluding hydrogens is 395 g/mol. The van der Waals surface area contributed by atoms with E-state index < -0.39 is 0 Å². The van der Waals surface area contributed by atoms with Gasteiger partial charge in [0.15, 0.2) is 5.96 Å². The molecule has 0 radical (unpaired) electrons. The highest BCUT2D eigenvalue weighted by Crippen LogP contribution is 2.10. The summed E-state index contributed by atoms with van der Waals surface area (Å²) < 4.78 is 10.6. The van der Waals surface area contributed by atoms with Gasteiger partial charge in [0.1, 0.15) is 0 Å². The first-order chi connectivity index (χ1) is 10.3. The molecule has 0 atom stereocenters. The van der Waals surface area contributed by atoms with Gasteiger partial charge in [-0.05, 0) is 19.3 Å². The third-order valence-corrected chi connectivity index (χ3v) is 3.83. The Morgan fingerprint density at radius 1 is 1.27 bits per heavy atom. The number of morpholine rings is 1. The van der Waals surface area contributed by atoms with Gasteiger partial charge in [-0.2, -0.15) is 0 Å². The van der Waals surface area contributed by atoms with E-state index in [2.05, 4.69) is 21.3 Å². The topological polar surface area (TPSA) is 72.1 Å². The number of halogens is 1. The van der Waals surface area contributed by atoms with Crippen molar-refractivity contribution in [1.29, 1.82) is 0 Å². The molecule has 2 aliphatic rings. The molecule has 0 saturated carbocycles. The maximum atomic E-state index is 5.87. The zero-order chi connectivity index (χ0) is 14.8. The molecule has 1 saturated heterocycles. The Kier molecular flexibility index (Phi) is 10.8. The summed E-state index contributed by atoms with van der Waals surface area (Å²) in [5.74, 6) is 0.560. The quantitative estimate of drug-likeness (QED) is 0.210. The normalized spacial score (nSPS) is 20.2. The lowest BCUT2D eigenvalue weighted by atomic mass is 10.1. The lowest BCUT2D eigenvalue weighted by molar-refractivity contribution is 0.0377. The molecule has 0 aromatic rings. The number of hydrogen-bond acceptors (Lipinski definition) is 4. The number of nitrogens with zero attached hydrogens (tertiary/aromatic N) is 2. The summed E-state index contributed by atoms with van der Waals surface area (Å²) in [6.07, 6.45) is 5.28. The van der Waals surface area contributed by atoms with Crippen molar-refractivity contribution in [3.63, 3.8) is 0 Å². The molecule has 1 fully saturated rings. The first-order valence-electron chi connectivity index (χ1n) is 7.94. The van der Waals surface area contributed by atoms with Gasteiger partial charge in [-0.1, -0.05) is 11.6 Å². The lowest BCUT2D eigenvalue weighted by Gasteiger charge is -2.26. The Labute approximate surface area is 150 Å². The lowest BCUT2D eigenvalue weighted by Crippen LogP contribution is -2.37. The highest BCUT2D eigenvalue weighted by atomic mass is 127. The maximum absolute atomic E-state index is 5.87. The molecule has 2 heterocycles. The van der Waals surface area contributed by atoms with Crippen LogP contribution < -0.4 is 11.1 Å². The second kappa shape index (κ2) is 12.1. The van der Waals surface area contributed by atoms with Crippen LogP contribution in [-0.4, -0.2) is 70.0 Å². The second-order valence-corrected chi connectivity index (χ2v) is 5.44. The molecule has 2 rings (SSSR count). The fourth-order valence-electron chi connectivity index (χ4n) is 2.52. The van der Waals surface area contributed by atoms with Gasteiger partial charge < -0.3 is 20.5 Å². The van der Waals surface area contributed by atoms with E-state index in [9.17, 15) is 0 Å². The molecule has 6 nitrogen and oxygen atoms in total. The number of guanidine groups is 1. The average molecular weight is 424 g/mol. The highest BCUT2D eigenvalue weighted by molar-refractivity contribution is 14.0. The Morgan fingerprint density at radius 2 is 2.09 bits per heavy atom. The smallest absolute Gasteiger partial charge is 0.188 e. The van der Waals surface area contributed by atoms with Crippen molar-refractivity contribution >= 4 is 29.9 Å². The van der Waals surface area contributed by atoms with E-state index in [1.54, 1.807) is 0 Å². The first-order valence-corrected chi connectivity index (χ1v) is 7.94. The average Bonchev–Trinajstić information content (AvgIpc) is 2.54. The summed E-state index contributed by atoms with van der Waals surface area (Å²) in [5, 5.41) is 3.18. The van der Waals surface area contributed by atoms with Crippen LogP contribution in [0.4, 0.5) is 0 Å². The first kappa shape index (κ1) is 19.7. The van der Waals surface area contributed by atoms with Crippen LogP contribution in [0, 0.1) is 0 Å². The summed E-state index contributed by atoms with van der Waals surface area (Å²) >= 11 is 0. The van der Waals surface area contributed by atoms with E-state index in [-0.39, 0.29) is 24.0 Å². The molecule has 128 valence electrons. The minimum absolute atomic E-state index is 0. The number of nitrogens with one attached hydrogen (secondary N) is 1. The van der Waals surface area contributed by atoms with Crippen molar-refractivity contribution in [3.05, 3.63) is 11.6 Å². The minimum Gasteiger partial charge on any atom is -0.379 e. The molecule has 3 N–H and O–H groups in total. The van der Waals surface area contributed by atoms with Gasteiger partial charge in [0.25, 0.3) is 0 Å². The van der Waals surface area contributed by atoms with E-state index in [4.69, 9.17) is 15.2 Å². The second-order valence-electron chi connectivity index (χ2n) is 5.44. The van der Waals surface area contributed by atoms with Crippen LogP contribution in [-0.2, 0) is 9.47 Å². The van der Waals surface area contributed by atoms with Crippen LogP contribution in [0.25, 0.3) is 0 Å². The number of hydrogen-bond donors (Lipinski definition) is 2. The zero-order valence-electron chi connectivity index (χ0n) is 13.3. The van der Waals surface area contributed by atoms with E-state index in [1.807, 2.05) is 0 Å². The van der Waals surface area contributed by atoms with Crippen molar-refractivity contribution in [2.75, 3.05) is 59.2 Å². The van der Waals surface area contributed by atoms with Crippen LogP contribution in [0.1, 0.15) is 19.3 Å². The van der Waals surface area contributed by atoms with E-state index in [0.717, 1.165) is 78.4 Å². The van der Waals surface area contributed by atoms with Crippen LogP contribution in [0.15, 0.2) is 16.6 Å². The Bertz CT molecular complexity index is 357. The molecule has 0 aromatic heterocycles. The summed E-state index contributed by atoms with van der Waals surface area (Å²) in [5.41, 5.74) is 7.32. The number of nitrogens with two attached hydrogens (primary N) is 1. The SMILES string of the molecule is I.NC(=NCCCN1CCOCC1)NCCC1=CCOCC1. The van der Waals surface area contributed by atoms with Crippen molar-refractivity contribution in [2.45, 2.75) is 19.3 Å². The number of rotatable bonds is 7. The molecule has 0 aromatic carbocycles. The van der Waals surface area contributed by atoms with Gasteiger partial charge in [0.05, 0.1) is 26.4 Å². The summed E-state index contributed by atoms with van der Waals surface area (Å²) in [4.78, 5) is 6.79. The van der Waals surface area contributed by atoms with E-state index >= 15 is 0 Å². The van der Waals surface area contributed by atoms with Gasteiger partial charge in [-0.3, -0.25) is 9.89 Å². The predicted molar refractivity (Wildman–Crippen MR) is 99.9 cm³/mol. The van der Waals surface area contributed by atoms with Crippen molar-refractivity contribution in [3.8, 4) is 0 Å². The Hall–Kier alpha value is -0.380. The van der Waals surface area contributed by atoms with E-state index in [0.29, 0.717) is 5.96 Å². The van der Waals surface area contributed by atoms with Crippen LogP contribution in [0.3, 0.4) is 0 Å². The fraction of sp³-hybridized carbons (Fsp3) is 0.800. The molecule has 0 amide bonds. The predicted octanol–water partition coefficient (Wildman–Crippen LogP) is 0.968. The van der Waals surface area contributed by atoms with Gasteiger partial charge in [-0.25, -0.2) is 0 Å². The van der Waals surface area contributed by atoms with Gasteiger partial charge in [0.2, 0.25) is 0 Å². The van der Waals surface area contributed by atoms with E-state index in [1.165, 1.54) is 5.57 Å². The van der Waals surface area contributed by atoms with Gasteiger partial charge in [0, 0.05) is 32.7 Å². The molecule has 2 aliphatic heterocycles. The molecule has 22 heavy (non-hydrogen) atoms. The zero-order valence-corrected chi connectivity index (χ0v) is 15.6. The largest absolute Gasteiger partial charge is 0.379 e. The van der Waals surface area contributed by atoms with Gasteiger partial charge >= 0.3 is 0 Å². The molecule has 0 bridgehead atoms.